The van der Waals surface area contributed by atoms with Crippen LogP contribution >= 0.6 is 23.2 Å². The standard InChI is InChI=1S/C28H24Cl2N2O5/c1-4-36-24-14-19(13-22(30)25(24)37-15-18-10-9-16(2)17(3)11-18)12-20-26(33)31-28(35)32(27(20)34)23-8-6-5-7-21(23)29/h5-14H,4,15H2,1-3H3,(H,31,33,35)/b20-12+. The van der Waals surface area contributed by atoms with Crippen molar-refractivity contribution in [2.24, 2.45) is 0 Å². The van der Waals surface area contributed by atoms with Crippen LogP contribution in [0.15, 0.2) is 60.2 Å². The van der Waals surface area contributed by atoms with Gasteiger partial charge in [0.1, 0.15) is 12.2 Å². The van der Waals surface area contributed by atoms with Gasteiger partial charge in [0.15, 0.2) is 11.5 Å². The van der Waals surface area contributed by atoms with Crippen molar-refractivity contribution in [2.75, 3.05) is 11.5 Å². The Morgan fingerprint density at radius 3 is 2.38 bits per heavy atom. The van der Waals surface area contributed by atoms with Crippen LogP contribution in [-0.2, 0) is 16.2 Å². The predicted octanol–water partition coefficient (Wildman–Crippen LogP) is 6.25. The second-order valence-corrected chi connectivity index (χ2v) is 9.19. The van der Waals surface area contributed by atoms with E-state index in [1.807, 2.05) is 39.0 Å². The minimum Gasteiger partial charge on any atom is -0.490 e. The molecule has 4 rings (SSSR count). The van der Waals surface area contributed by atoms with Gasteiger partial charge in [0, 0.05) is 0 Å². The molecule has 1 heterocycles. The van der Waals surface area contributed by atoms with Gasteiger partial charge in [-0.15, -0.1) is 0 Å². The molecular weight excluding hydrogens is 515 g/mol. The summed E-state index contributed by atoms with van der Waals surface area (Å²) in [6.45, 7) is 6.50. The zero-order valence-electron chi connectivity index (χ0n) is 20.4. The first-order chi connectivity index (χ1) is 17.7. The lowest BCUT2D eigenvalue weighted by atomic mass is 10.1. The molecular formula is C28H24Cl2N2O5. The van der Waals surface area contributed by atoms with E-state index in [2.05, 4.69) is 5.32 Å². The Labute approximate surface area is 224 Å². The summed E-state index contributed by atoms with van der Waals surface area (Å²) in [5, 5.41) is 2.61. The van der Waals surface area contributed by atoms with Crippen molar-refractivity contribution >= 4 is 52.8 Å². The van der Waals surface area contributed by atoms with Crippen LogP contribution in [-0.4, -0.2) is 24.5 Å². The molecule has 37 heavy (non-hydrogen) atoms. The second-order valence-electron chi connectivity index (χ2n) is 8.38. The molecule has 0 aromatic heterocycles. The smallest absolute Gasteiger partial charge is 0.335 e. The van der Waals surface area contributed by atoms with E-state index < -0.39 is 17.8 Å². The minimum atomic E-state index is -0.886. The number of nitrogens with zero attached hydrogens (tertiary/aromatic N) is 1. The van der Waals surface area contributed by atoms with Gasteiger partial charge in [-0.3, -0.25) is 14.9 Å². The van der Waals surface area contributed by atoms with Crippen LogP contribution in [0.2, 0.25) is 10.0 Å². The summed E-state index contributed by atoms with van der Waals surface area (Å²) in [4.78, 5) is 39.1. The molecule has 190 valence electrons. The molecule has 7 nitrogen and oxygen atoms in total. The topological polar surface area (TPSA) is 84.9 Å². The first-order valence-electron chi connectivity index (χ1n) is 11.5. The first kappa shape index (κ1) is 26.3. The van der Waals surface area contributed by atoms with Crippen molar-refractivity contribution in [3.05, 3.63) is 92.5 Å². The maximum atomic E-state index is 13.2. The van der Waals surface area contributed by atoms with Crippen LogP contribution in [0.1, 0.15) is 29.2 Å². The van der Waals surface area contributed by atoms with Crippen LogP contribution < -0.4 is 19.7 Å². The first-order valence-corrected chi connectivity index (χ1v) is 12.3. The molecule has 4 amide bonds. The number of imide groups is 2. The Bertz CT molecular complexity index is 1430. The van der Waals surface area contributed by atoms with Crippen molar-refractivity contribution in [1.82, 2.24) is 5.32 Å². The lowest BCUT2D eigenvalue weighted by Gasteiger charge is -2.27. The Kier molecular flexibility index (Phi) is 7.86. The molecule has 1 aliphatic rings. The summed E-state index contributed by atoms with van der Waals surface area (Å²) in [5.41, 5.74) is 3.62. The maximum Gasteiger partial charge on any atom is 0.335 e. The molecule has 9 heteroatoms. The maximum absolute atomic E-state index is 13.2. The van der Waals surface area contributed by atoms with Gasteiger partial charge in [0.25, 0.3) is 11.8 Å². The summed E-state index contributed by atoms with van der Waals surface area (Å²) in [7, 11) is 0. The van der Waals surface area contributed by atoms with Crippen LogP contribution in [0.25, 0.3) is 6.08 Å². The molecule has 0 aliphatic carbocycles. The number of para-hydroxylation sites is 1. The van der Waals surface area contributed by atoms with E-state index in [1.165, 1.54) is 17.7 Å². The van der Waals surface area contributed by atoms with Crippen LogP contribution in [0.4, 0.5) is 10.5 Å². The van der Waals surface area contributed by atoms with Gasteiger partial charge in [-0.25, -0.2) is 9.69 Å². The van der Waals surface area contributed by atoms with Crippen molar-refractivity contribution in [1.29, 1.82) is 0 Å². The SMILES string of the molecule is CCOc1cc(/C=C2\C(=O)NC(=O)N(c3ccccc3Cl)C2=O)cc(Cl)c1OCc1ccc(C)c(C)c1. The number of ether oxygens (including phenoxy) is 2. The number of hydrogen-bond acceptors (Lipinski definition) is 5. The molecule has 3 aromatic carbocycles. The summed E-state index contributed by atoms with van der Waals surface area (Å²) >= 11 is 12.7. The second kappa shape index (κ2) is 11.1. The largest absolute Gasteiger partial charge is 0.490 e. The Morgan fingerprint density at radius 1 is 0.919 bits per heavy atom. The summed E-state index contributed by atoms with van der Waals surface area (Å²) in [6, 6.07) is 14.7. The van der Waals surface area contributed by atoms with E-state index in [1.54, 1.807) is 30.3 Å². The number of aryl methyl sites for hydroxylation is 2. The molecule has 3 aromatic rings. The Balaban J connectivity index is 1.66. The molecule has 1 fully saturated rings. The number of barbiturate groups is 1. The quantitative estimate of drug-likeness (QED) is 0.283. The van der Waals surface area contributed by atoms with E-state index in [0.717, 1.165) is 16.0 Å². The number of anilines is 1. The predicted molar refractivity (Wildman–Crippen MR) is 143 cm³/mol. The highest BCUT2D eigenvalue weighted by Gasteiger charge is 2.37. The van der Waals surface area contributed by atoms with Crippen LogP contribution in [0.3, 0.4) is 0 Å². The van der Waals surface area contributed by atoms with Crippen molar-refractivity contribution in [2.45, 2.75) is 27.4 Å². The van der Waals surface area contributed by atoms with Crippen molar-refractivity contribution in [3.63, 3.8) is 0 Å². The molecule has 0 bridgehead atoms. The number of nitrogens with one attached hydrogen (secondary N) is 1. The number of carbonyl (C=O) groups is 3. The summed E-state index contributed by atoms with van der Waals surface area (Å²) < 4.78 is 11.7. The monoisotopic (exact) mass is 538 g/mol. The number of hydrogen-bond donors (Lipinski definition) is 1. The van der Waals surface area contributed by atoms with E-state index in [0.29, 0.717) is 23.7 Å². The number of amides is 4. The number of halogens is 2. The molecule has 1 N–H and O–H groups in total. The van der Waals surface area contributed by atoms with Gasteiger partial charge < -0.3 is 9.47 Å². The third-order valence-corrected chi connectivity index (χ3v) is 6.39. The highest BCUT2D eigenvalue weighted by atomic mass is 35.5. The van der Waals surface area contributed by atoms with E-state index in [9.17, 15) is 14.4 Å². The zero-order chi connectivity index (χ0) is 26.7. The number of rotatable bonds is 7. The fourth-order valence-corrected chi connectivity index (χ4v) is 4.29. The van der Waals surface area contributed by atoms with Gasteiger partial charge >= 0.3 is 6.03 Å². The summed E-state index contributed by atoms with van der Waals surface area (Å²) in [5.74, 6) is -0.946. The molecule has 1 aliphatic heterocycles. The third kappa shape index (κ3) is 5.63. The fourth-order valence-electron chi connectivity index (χ4n) is 3.80. The Hall–Kier alpha value is -3.81. The van der Waals surface area contributed by atoms with Gasteiger partial charge in [-0.2, -0.15) is 0 Å². The molecule has 0 unspecified atom stereocenters. The van der Waals surface area contributed by atoms with Gasteiger partial charge in [-0.05, 0) is 73.4 Å². The normalized spacial score (nSPS) is 14.7. The highest BCUT2D eigenvalue weighted by Crippen LogP contribution is 2.38. The minimum absolute atomic E-state index is 0.160. The van der Waals surface area contributed by atoms with Crippen molar-refractivity contribution in [3.8, 4) is 11.5 Å². The van der Waals surface area contributed by atoms with E-state index >= 15 is 0 Å². The average molecular weight is 539 g/mol. The summed E-state index contributed by atoms with van der Waals surface area (Å²) in [6.07, 6.45) is 1.34. The average Bonchev–Trinajstić information content (AvgIpc) is 2.84. The van der Waals surface area contributed by atoms with Gasteiger partial charge in [0.05, 0.1) is 22.3 Å². The number of carbonyl (C=O) groups excluding carboxylic acids is 3. The molecule has 1 saturated heterocycles. The Morgan fingerprint density at radius 2 is 1.68 bits per heavy atom. The number of benzene rings is 3. The van der Waals surface area contributed by atoms with E-state index in [-0.39, 0.29) is 27.9 Å². The van der Waals surface area contributed by atoms with Crippen molar-refractivity contribution < 1.29 is 23.9 Å². The van der Waals surface area contributed by atoms with Crippen LogP contribution in [0, 0.1) is 13.8 Å². The fraction of sp³-hybridized carbons (Fsp3) is 0.179. The number of urea groups is 1. The molecule has 0 saturated carbocycles. The lowest BCUT2D eigenvalue weighted by Crippen LogP contribution is -2.54. The highest BCUT2D eigenvalue weighted by molar-refractivity contribution is 6.42. The zero-order valence-corrected chi connectivity index (χ0v) is 21.9. The molecule has 0 spiro atoms. The lowest BCUT2D eigenvalue weighted by molar-refractivity contribution is -0.122. The van der Waals surface area contributed by atoms with E-state index in [4.69, 9.17) is 32.7 Å². The van der Waals surface area contributed by atoms with Crippen LogP contribution in [0.5, 0.6) is 11.5 Å². The van der Waals surface area contributed by atoms with Gasteiger partial charge in [-0.1, -0.05) is 53.5 Å². The van der Waals surface area contributed by atoms with Gasteiger partial charge in [0.2, 0.25) is 0 Å². The molecule has 0 atom stereocenters. The third-order valence-electron chi connectivity index (χ3n) is 5.79. The molecule has 0 radical (unpaired) electrons.